The molecule has 0 aliphatic heterocycles. The lowest BCUT2D eigenvalue weighted by Crippen LogP contribution is -2.15. The number of aryl methyl sites for hydroxylation is 2. The number of hydrogen-bond acceptors (Lipinski definition) is 5. The molecule has 3 rings (SSSR count). The molecule has 0 aliphatic carbocycles. The Hall–Kier alpha value is -3.72. The number of nitrogens with one attached hydrogen (secondary N) is 2. The molecule has 0 saturated carbocycles. The van der Waals surface area contributed by atoms with Gasteiger partial charge in [-0.1, -0.05) is 18.2 Å². The molecule has 26 heavy (non-hydrogen) atoms. The van der Waals surface area contributed by atoms with Gasteiger partial charge in [-0.05, 0) is 49.2 Å². The zero-order valence-corrected chi connectivity index (χ0v) is 14.4. The molecule has 0 spiro atoms. The van der Waals surface area contributed by atoms with Crippen LogP contribution in [0.15, 0.2) is 54.9 Å². The summed E-state index contributed by atoms with van der Waals surface area (Å²) < 4.78 is 0. The Bertz CT molecular complexity index is 1010. The minimum absolute atomic E-state index is 0.207. The Morgan fingerprint density at radius 1 is 1.04 bits per heavy atom. The highest BCUT2D eigenvalue weighted by atomic mass is 16.1. The molecule has 2 N–H and O–H groups in total. The predicted octanol–water partition coefficient (Wildman–Crippen LogP) is 3.96. The van der Waals surface area contributed by atoms with Crippen LogP contribution in [0.1, 0.15) is 27.2 Å². The van der Waals surface area contributed by atoms with E-state index in [1.807, 2.05) is 38.1 Å². The summed E-state index contributed by atoms with van der Waals surface area (Å²) in [6, 6.07) is 16.4. The molecule has 0 saturated heterocycles. The average molecular weight is 343 g/mol. The highest BCUT2D eigenvalue weighted by Crippen LogP contribution is 2.19. The van der Waals surface area contributed by atoms with Gasteiger partial charge in [0.1, 0.15) is 23.9 Å². The average Bonchev–Trinajstić information content (AvgIpc) is 2.65. The maximum atomic E-state index is 12.4. The van der Waals surface area contributed by atoms with Gasteiger partial charge in [-0.3, -0.25) is 4.79 Å². The highest BCUT2D eigenvalue weighted by Gasteiger charge is 2.11. The van der Waals surface area contributed by atoms with Gasteiger partial charge in [0.2, 0.25) is 0 Å². The molecule has 0 unspecified atom stereocenters. The van der Waals surface area contributed by atoms with Gasteiger partial charge in [-0.25, -0.2) is 9.97 Å². The van der Waals surface area contributed by atoms with Crippen LogP contribution in [0.25, 0.3) is 0 Å². The first-order chi connectivity index (χ1) is 12.6. The van der Waals surface area contributed by atoms with E-state index in [1.165, 1.54) is 11.9 Å². The zero-order chi connectivity index (χ0) is 18.5. The number of hydrogen-bond donors (Lipinski definition) is 2. The van der Waals surface area contributed by atoms with E-state index in [0.29, 0.717) is 17.1 Å². The third kappa shape index (κ3) is 3.84. The lowest BCUT2D eigenvalue weighted by atomic mass is 10.1. The first-order valence-corrected chi connectivity index (χ1v) is 8.03. The second-order valence-corrected chi connectivity index (χ2v) is 5.82. The van der Waals surface area contributed by atoms with Crippen LogP contribution >= 0.6 is 0 Å². The van der Waals surface area contributed by atoms with E-state index < -0.39 is 5.91 Å². The van der Waals surface area contributed by atoms with E-state index >= 15 is 0 Å². The van der Waals surface area contributed by atoms with E-state index in [1.54, 1.807) is 30.3 Å². The van der Waals surface area contributed by atoms with Gasteiger partial charge < -0.3 is 10.6 Å². The van der Waals surface area contributed by atoms with Crippen molar-refractivity contribution in [1.29, 1.82) is 5.26 Å². The molecule has 128 valence electrons. The summed E-state index contributed by atoms with van der Waals surface area (Å²) in [5.74, 6) is 0.111. The fourth-order valence-electron chi connectivity index (χ4n) is 2.39. The molecule has 1 amide bonds. The molecule has 0 bridgehead atoms. The normalized spacial score (nSPS) is 10.0. The smallest absolute Gasteiger partial charge is 0.274 e. The fourth-order valence-corrected chi connectivity index (χ4v) is 2.39. The number of amides is 1. The minimum atomic E-state index is -0.404. The second kappa shape index (κ2) is 7.45. The molecule has 2 aromatic carbocycles. The first kappa shape index (κ1) is 17.1. The summed E-state index contributed by atoms with van der Waals surface area (Å²) >= 11 is 0. The number of carbonyl (C=O) groups excluding carboxylic acids is 1. The summed E-state index contributed by atoms with van der Waals surface area (Å²) in [6.07, 6.45) is 1.33. The Morgan fingerprint density at radius 2 is 1.85 bits per heavy atom. The van der Waals surface area contributed by atoms with Crippen molar-refractivity contribution in [3.63, 3.8) is 0 Å². The molecule has 3 aromatic rings. The van der Waals surface area contributed by atoms with Crippen molar-refractivity contribution in [2.24, 2.45) is 0 Å². The molecular weight excluding hydrogens is 326 g/mol. The van der Waals surface area contributed by atoms with Crippen LogP contribution in [0, 0.1) is 25.2 Å². The molecule has 0 radical (unpaired) electrons. The van der Waals surface area contributed by atoms with Gasteiger partial charge in [0.05, 0.1) is 11.3 Å². The van der Waals surface area contributed by atoms with Crippen LogP contribution in [-0.2, 0) is 0 Å². The van der Waals surface area contributed by atoms with Crippen LogP contribution in [0.3, 0.4) is 0 Å². The first-order valence-electron chi connectivity index (χ1n) is 8.03. The lowest BCUT2D eigenvalue weighted by Gasteiger charge is -2.09. The number of carbonyl (C=O) groups is 1. The molecule has 6 nitrogen and oxygen atoms in total. The summed E-state index contributed by atoms with van der Waals surface area (Å²) in [7, 11) is 0. The predicted molar refractivity (Wildman–Crippen MR) is 100 cm³/mol. The second-order valence-electron chi connectivity index (χ2n) is 5.82. The van der Waals surface area contributed by atoms with Crippen molar-refractivity contribution in [3.05, 3.63) is 77.2 Å². The van der Waals surface area contributed by atoms with Crippen molar-refractivity contribution in [1.82, 2.24) is 9.97 Å². The van der Waals surface area contributed by atoms with E-state index in [9.17, 15) is 4.79 Å². The van der Waals surface area contributed by atoms with Gasteiger partial charge in [0.15, 0.2) is 0 Å². The number of benzene rings is 2. The Labute approximate surface area is 151 Å². The van der Waals surface area contributed by atoms with Gasteiger partial charge in [0, 0.05) is 11.8 Å². The van der Waals surface area contributed by atoms with Gasteiger partial charge in [-0.2, -0.15) is 5.26 Å². The van der Waals surface area contributed by atoms with E-state index in [0.717, 1.165) is 11.3 Å². The molecule has 6 heteroatoms. The van der Waals surface area contributed by atoms with Gasteiger partial charge >= 0.3 is 0 Å². The zero-order valence-electron chi connectivity index (χ0n) is 14.4. The lowest BCUT2D eigenvalue weighted by molar-refractivity contribution is 0.102. The number of rotatable bonds is 4. The maximum Gasteiger partial charge on any atom is 0.274 e. The van der Waals surface area contributed by atoms with Crippen LogP contribution in [0.4, 0.5) is 17.2 Å². The highest BCUT2D eigenvalue weighted by molar-refractivity contribution is 6.03. The summed E-state index contributed by atoms with van der Waals surface area (Å²) in [4.78, 5) is 20.6. The van der Waals surface area contributed by atoms with Crippen molar-refractivity contribution in [2.75, 3.05) is 10.6 Å². The van der Waals surface area contributed by atoms with Crippen LogP contribution in [-0.4, -0.2) is 15.9 Å². The monoisotopic (exact) mass is 343 g/mol. The Morgan fingerprint density at radius 3 is 2.62 bits per heavy atom. The largest absolute Gasteiger partial charge is 0.340 e. The van der Waals surface area contributed by atoms with Crippen LogP contribution in [0.5, 0.6) is 0 Å². The number of anilines is 3. The third-order valence-corrected chi connectivity index (χ3v) is 3.97. The Balaban J connectivity index is 1.79. The fraction of sp³-hybridized carbons (Fsp3) is 0.100. The van der Waals surface area contributed by atoms with Crippen LogP contribution in [0.2, 0.25) is 0 Å². The van der Waals surface area contributed by atoms with Crippen molar-refractivity contribution < 1.29 is 4.79 Å². The SMILES string of the molecule is Cc1ccc(Nc2cc(C(=O)Nc3ccccc3C#N)ncn2)cc1C. The van der Waals surface area contributed by atoms with Crippen molar-refractivity contribution >= 4 is 23.1 Å². The molecule has 0 aliphatic rings. The molecule has 0 atom stereocenters. The number of nitrogens with zero attached hydrogens (tertiary/aromatic N) is 3. The number of aromatic nitrogens is 2. The van der Waals surface area contributed by atoms with Crippen molar-refractivity contribution in [2.45, 2.75) is 13.8 Å². The van der Waals surface area contributed by atoms with Crippen molar-refractivity contribution in [3.8, 4) is 6.07 Å². The summed E-state index contributed by atoms with van der Waals surface area (Å²) in [5, 5.41) is 15.0. The summed E-state index contributed by atoms with van der Waals surface area (Å²) in [5.41, 5.74) is 4.29. The number of nitriles is 1. The molecule has 0 fully saturated rings. The topological polar surface area (TPSA) is 90.7 Å². The maximum absolute atomic E-state index is 12.4. The van der Waals surface area contributed by atoms with E-state index in [4.69, 9.17) is 5.26 Å². The van der Waals surface area contributed by atoms with Gasteiger partial charge in [-0.15, -0.1) is 0 Å². The quantitative estimate of drug-likeness (QED) is 0.748. The van der Waals surface area contributed by atoms with Crippen LogP contribution < -0.4 is 10.6 Å². The molecular formula is C20H17N5O. The number of para-hydroxylation sites is 1. The Kier molecular flexibility index (Phi) is 4.90. The van der Waals surface area contributed by atoms with Gasteiger partial charge in [0.25, 0.3) is 5.91 Å². The minimum Gasteiger partial charge on any atom is -0.340 e. The molecule has 1 heterocycles. The third-order valence-electron chi connectivity index (χ3n) is 3.97. The molecule has 1 aromatic heterocycles. The van der Waals surface area contributed by atoms with E-state index in [-0.39, 0.29) is 5.69 Å². The standard InChI is InChI=1S/C20H17N5O/c1-13-7-8-16(9-14(13)2)24-19-10-18(22-12-23-19)20(26)25-17-6-4-3-5-15(17)11-21/h3-10,12H,1-2H3,(H,25,26)(H,22,23,24). The summed E-state index contributed by atoms with van der Waals surface area (Å²) in [6.45, 7) is 4.08. The van der Waals surface area contributed by atoms with E-state index in [2.05, 4.69) is 20.6 Å².